The minimum atomic E-state index is 0. The summed E-state index contributed by atoms with van der Waals surface area (Å²) < 4.78 is 0. The fraction of sp³-hybridized carbons (Fsp3) is 0.444. The molecule has 1 aromatic heterocycles. The molecule has 0 radical (unpaired) electrons. The standard InChI is InChI=1S/C18H24N4S.HI/c1-14-20-11-17(23-14)12-21-18(19-2)22-9-8-16(13-22)10-15-6-4-3-5-7-15;/h3-7,11,16H,8-10,12-13H2,1-2H3,(H,19,21);1H. The number of thiazole rings is 1. The van der Waals surface area contributed by atoms with Crippen LogP contribution in [0, 0.1) is 12.8 Å². The minimum absolute atomic E-state index is 0. The molecule has 3 rings (SSSR count). The Hall–Kier alpha value is -1.15. The molecule has 1 saturated heterocycles. The van der Waals surface area contributed by atoms with E-state index in [1.165, 1.54) is 16.9 Å². The van der Waals surface area contributed by atoms with Crippen LogP contribution in [0.4, 0.5) is 0 Å². The molecule has 24 heavy (non-hydrogen) atoms. The van der Waals surface area contributed by atoms with Crippen molar-refractivity contribution in [2.75, 3.05) is 20.1 Å². The third-order valence-corrected chi connectivity index (χ3v) is 5.17. The van der Waals surface area contributed by atoms with Gasteiger partial charge in [-0.25, -0.2) is 4.98 Å². The molecule has 1 aromatic carbocycles. The van der Waals surface area contributed by atoms with Gasteiger partial charge in [-0.3, -0.25) is 4.99 Å². The summed E-state index contributed by atoms with van der Waals surface area (Å²) in [6, 6.07) is 10.8. The third kappa shape index (κ3) is 5.17. The van der Waals surface area contributed by atoms with Gasteiger partial charge in [0, 0.05) is 31.2 Å². The lowest BCUT2D eigenvalue weighted by Gasteiger charge is -2.21. The van der Waals surface area contributed by atoms with Crippen molar-refractivity contribution in [2.45, 2.75) is 26.3 Å². The smallest absolute Gasteiger partial charge is 0.193 e. The zero-order valence-electron chi connectivity index (χ0n) is 14.2. The van der Waals surface area contributed by atoms with E-state index in [9.17, 15) is 0 Å². The van der Waals surface area contributed by atoms with Crippen molar-refractivity contribution in [3.8, 4) is 0 Å². The van der Waals surface area contributed by atoms with E-state index in [2.05, 4.69) is 50.5 Å². The first-order chi connectivity index (χ1) is 11.2. The van der Waals surface area contributed by atoms with Crippen molar-refractivity contribution in [3.05, 3.63) is 52.0 Å². The molecule has 130 valence electrons. The molecule has 1 atom stereocenters. The molecule has 6 heteroatoms. The molecule has 2 heterocycles. The lowest BCUT2D eigenvalue weighted by Crippen LogP contribution is -2.39. The van der Waals surface area contributed by atoms with E-state index in [1.807, 2.05) is 20.2 Å². The first-order valence-corrected chi connectivity index (χ1v) is 8.97. The average molecular weight is 456 g/mol. The summed E-state index contributed by atoms with van der Waals surface area (Å²) in [6.07, 6.45) is 4.33. The van der Waals surface area contributed by atoms with Gasteiger partial charge in [-0.1, -0.05) is 30.3 Å². The highest BCUT2D eigenvalue weighted by Crippen LogP contribution is 2.21. The van der Waals surface area contributed by atoms with Gasteiger partial charge in [0.2, 0.25) is 0 Å². The van der Waals surface area contributed by atoms with Crippen LogP contribution < -0.4 is 5.32 Å². The van der Waals surface area contributed by atoms with Gasteiger partial charge in [-0.05, 0) is 31.2 Å². The second kappa shape index (κ2) is 9.36. The van der Waals surface area contributed by atoms with Crippen LogP contribution in [0.15, 0.2) is 41.5 Å². The highest BCUT2D eigenvalue weighted by molar-refractivity contribution is 14.0. The number of aromatic nitrogens is 1. The van der Waals surface area contributed by atoms with Gasteiger partial charge >= 0.3 is 0 Å². The third-order valence-electron chi connectivity index (χ3n) is 4.25. The number of aliphatic imine (C=N–C) groups is 1. The van der Waals surface area contributed by atoms with E-state index in [4.69, 9.17) is 0 Å². The van der Waals surface area contributed by atoms with Crippen LogP contribution in [0.5, 0.6) is 0 Å². The molecule has 1 aliphatic heterocycles. The maximum Gasteiger partial charge on any atom is 0.193 e. The van der Waals surface area contributed by atoms with E-state index < -0.39 is 0 Å². The van der Waals surface area contributed by atoms with Gasteiger partial charge in [-0.15, -0.1) is 35.3 Å². The van der Waals surface area contributed by atoms with Gasteiger partial charge in [0.1, 0.15) is 0 Å². The Morgan fingerprint density at radius 3 is 2.83 bits per heavy atom. The lowest BCUT2D eigenvalue weighted by atomic mass is 9.99. The number of hydrogen-bond acceptors (Lipinski definition) is 3. The maximum absolute atomic E-state index is 4.45. The fourth-order valence-corrected chi connectivity index (χ4v) is 3.86. The van der Waals surface area contributed by atoms with Crippen molar-refractivity contribution in [1.82, 2.24) is 15.2 Å². The molecular formula is C18H25IN4S. The van der Waals surface area contributed by atoms with Crippen LogP contribution in [0.3, 0.4) is 0 Å². The highest BCUT2D eigenvalue weighted by Gasteiger charge is 2.24. The van der Waals surface area contributed by atoms with Crippen molar-refractivity contribution >= 4 is 41.3 Å². The Morgan fingerprint density at radius 2 is 2.17 bits per heavy atom. The van der Waals surface area contributed by atoms with E-state index in [1.54, 1.807) is 11.3 Å². The number of nitrogens with one attached hydrogen (secondary N) is 1. The number of hydrogen-bond donors (Lipinski definition) is 1. The molecule has 0 amide bonds. The van der Waals surface area contributed by atoms with Gasteiger partial charge in [0.05, 0.1) is 11.6 Å². The van der Waals surface area contributed by atoms with Crippen LogP contribution in [-0.2, 0) is 13.0 Å². The van der Waals surface area contributed by atoms with E-state index >= 15 is 0 Å². The summed E-state index contributed by atoms with van der Waals surface area (Å²) in [5.41, 5.74) is 1.43. The number of aryl methyl sites for hydroxylation is 1. The quantitative estimate of drug-likeness (QED) is 0.433. The van der Waals surface area contributed by atoms with Crippen molar-refractivity contribution < 1.29 is 0 Å². The first kappa shape index (κ1) is 19.2. The molecule has 1 aliphatic rings. The summed E-state index contributed by atoms with van der Waals surface area (Å²) in [5.74, 6) is 1.72. The van der Waals surface area contributed by atoms with E-state index in [-0.39, 0.29) is 24.0 Å². The monoisotopic (exact) mass is 456 g/mol. The topological polar surface area (TPSA) is 40.5 Å². The molecule has 0 saturated carbocycles. The van der Waals surface area contributed by atoms with Crippen molar-refractivity contribution in [2.24, 2.45) is 10.9 Å². The number of guanidine groups is 1. The summed E-state index contributed by atoms with van der Waals surface area (Å²) in [5, 5.41) is 4.58. The van der Waals surface area contributed by atoms with Gasteiger partial charge in [-0.2, -0.15) is 0 Å². The Labute approximate surface area is 165 Å². The second-order valence-electron chi connectivity index (χ2n) is 6.04. The molecule has 0 aliphatic carbocycles. The largest absolute Gasteiger partial charge is 0.351 e. The van der Waals surface area contributed by atoms with Crippen molar-refractivity contribution in [3.63, 3.8) is 0 Å². The average Bonchev–Trinajstić information content (AvgIpc) is 3.19. The molecule has 0 bridgehead atoms. The van der Waals surface area contributed by atoms with Gasteiger partial charge in [0.15, 0.2) is 5.96 Å². The number of benzene rings is 1. The number of rotatable bonds is 4. The summed E-state index contributed by atoms with van der Waals surface area (Å²) in [4.78, 5) is 12.4. The zero-order chi connectivity index (χ0) is 16.1. The zero-order valence-corrected chi connectivity index (χ0v) is 17.4. The predicted octanol–water partition coefficient (Wildman–Crippen LogP) is 3.71. The van der Waals surface area contributed by atoms with E-state index in [0.29, 0.717) is 5.92 Å². The van der Waals surface area contributed by atoms with Crippen LogP contribution in [-0.4, -0.2) is 36.0 Å². The summed E-state index contributed by atoms with van der Waals surface area (Å²) in [6.45, 7) is 5.00. The molecule has 4 nitrogen and oxygen atoms in total. The molecular weight excluding hydrogens is 431 g/mol. The normalized spacial score (nSPS) is 17.7. The Morgan fingerprint density at radius 1 is 1.38 bits per heavy atom. The maximum atomic E-state index is 4.45. The van der Waals surface area contributed by atoms with Gasteiger partial charge < -0.3 is 10.2 Å². The van der Waals surface area contributed by atoms with Crippen LogP contribution in [0.1, 0.15) is 21.9 Å². The summed E-state index contributed by atoms with van der Waals surface area (Å²) >= 11 is 1.74. The fourth-order valence-electron chi connectivity index (χ4n) is 3.12. The Balaban J connectivity index is 0.00000208. The molecule has 1 N–H and O–H groups in total. The molecule has 1 fully saturated rings. The molecule has 0 spiro atoms. The Kier molecular flexibility index (Phi) is 7.48. The summed E-state index contributed by atoms with van der Waals surface area (Å²) in [7, 11) is 1.87. The SMILES string of the molecule is CN=C(NCc1cnc(C)s1)N1CCC(Cc2ccccc2)C1.I. The Bertz CT molecular complexity index is 656. The number of likely N-dealkylation sites (tertiary alicyclic amines) is 1. The minimum Gasteiger partial charge on any atom is -0.351 e. The molecule has 2 aromatic rings. The number of nitrogens with zero attached hydrogens (tertiary/aromatic N) is 3. The molecule has 1 unspecified atom stereocenters. The second-order valence-corrected chi connectivity index (χ2v) is 7.36. The van der Waals surface area contributed by atoms with Crippen LogP contribution in [0.25, 0.3) is 0 Å². The van der Waals surface area contributed by atoms with Gasteiger partial charge in [0.25, 0.3) is 0 Å². The van der Waals surface area contributed by atoms with Crippen LogP contribution in [0.2, 0.25) is 0 Å². The van der Waals surface area contributed by atoms with Crippen molar-refractivity contribution in [1.29, 1.82) is 0 Å². The van der Waals surface area contributed by atoms with E-state index in [0.717, 1.165) is 37.0 Å². The number of halogens is 1. The first-order valence-electron chi connectivity index (χ1n) is 8.15. The highest BCUT2D eigenvalue weighted by atomic mass is 127. The predicted molar refractivity (Wildman–Crippen MR) is 112 cm³/mol. The van der Waals surface area contributed by atoms with Crippen LogP contribution >= 0.6 is 35.3 Å². The lowest BCUT2D eigenvalue weighted by molar-refractivity contribution is 0.460.